The average molecular weight is 619 g/mol. The van der Waals surface area contributed by atoms with E-state index in [0.29, 0.717) is 67.5 Å². The largest absolute Gasteiger partial charge is 0.263 e. The molecule has 0 radical (unpaired) electrons. The Kier molecular flexibility index (Phi) is 7.75. The van der Waals surface area contributed by atoms with E-state index in [1.54, 1.807) is 74.0 Å². The first-order valence-electron chi connectivity index (χ1n) is 14.3. The van der Waals surface area contributed by atoms with Crippen LogP contribution in [-0.2, 0) is 0 Å². The Hall–Kier alpha value is -7.62. The zero-order valence-corrected chi connectivity index (χ0v) is 24.8. The first-order chi connectivity index (χ1) is 23.6. The van der Waals surface area contributed by atoms with Gasteiger partial charge in [-0.2, -0.15) is 15.8 Å². The van der Waals surface area contributed by atoms with E-state index in [1.807, 2.05) is 18.2 Å². The van der Waals surface area contributed by atoms with Crippen molar-refractivity contribution in [1.29, 1.82) is 15.8 Å². The summed E-state index contributed by atoms with van der Waals surface area (Å²) in [7, 11) is 0. The van der Waals surface area contributed by atoms with Gasteiger partial charge in [0, 0.05) is 124 Å². The van der Waals surface area contributed by atoms with Crippen LogP contribution in [-0.4, -0.2) is 44.9 Å². The molecule has 7 aromatic rings. The van der Waals surface area contributed by atoms with Crippen LogP contribution in [0.1, 0.15) is 16.7 Å². The number of rotatable bonds is 6. The van der Waals surface area contributed by atoms with Gasteiger partial charge in [-0.15, -0.1) is 0 Å². The van der Waals surface area contributed by atoms with Crippen LogP contribution in [0.25, 0.3) is 67.5 Å². The highest BCUT2D eigenvalue weighted by molar-refractivity contribution is 5.75. The van der Waals surface area contributed by atoms with Gasteiger partial charge in [-0.1, -0.05) is 0 Å². The number of nitrogens with zero attached hydrogens (tertiary/aromatic N) is 12. The average Bonchev–Trinajstić information content (AvgIpc) is 3.18. The molecule has 0 atom stereocenters. The van der Waals surface area contributed by atoms with Crippen LogP contribution >= 0.6 is 0 Å². The van der Waals surface area contributed by atoms with E-state index < -0.39 is 0 Å². The zero-order valence-electron chi connectivity index (χ0n) is 24.8. The van der Waals surface area contributed by atoms with Gasteiger partial charge in [-0.05, 0) is 36.4 Å². The van der Waals surface area contributed by atoms with Gasteiger partial charge >= 0.3 is 0 Å². The molecule has 0 unspecified atom stereocenters. The highest BCUT2D eigenvalue weighted by atomic mass is 15.0. The molecule has 0 aliphatic carbocycles. The van der Waals surface area contributed by atoms with E-state index in [2.05, 4.69) is 48.1 Å². The van der Waals surface area contributed by atoms with Crippen LogP contribution in [0, 0.1) is 34.0 Å². The van der Waals surface area contributed by atoms with Crippen molar-refractivity contribution in [3.8, 4) is 85.8 Å². The van der Waals surface area contributed by atoms with Gasteiger partial charge in [-0.3, -0.25) is 29.9 Å². The van der Waals surface area contributed by atoms with Crippen molar-refractivity contribution in [1.82, 2.24) is 44.9 Å². The predicted molar refractivity (Wildman–Crippen MR) is 173 cm³/mol. The van der Waals surface area contributed by atoms with E-state index in [0.717, 1.165) is 16.7 Å². The van der Waals surface area contributed by atoms with Crippen molar-refractivity contribution in [2.24, 2.45) is 0 Å². The van der Waals surface area contributed by atoms with Crippen molar-refractivity contribution >= 4 is 0 Å². The quantitative estimate of drug-likeness (QED) is 0.216. The summed E-state index contributed by atoms with van der Waals surface area (Å²) < 4.78 is 0. The first kappa shape index (κ1) is 29.1. The summed E-state index contributed by atoms with van der Waals surface area (Å²) in [6.07, 6.45) is 19.4. The third-order valence-electron chi connectivity index (χ3n) is 7.23. The fourth-order valence-corrected chi connectivity index (χ4v) is 4.90. The number of nitriles is 3. The van der Waals surface area contributed by atoms with Gasteiger partial charge in [0.1, 0.15) is 18.2 Å². The zero-order chi connectivity index (χ0) is 32.9. The predicted octanol–water partition coefficient (Wildman–Crippen LogP) is 5.86. The number of aromatic nitrogens is 9. The summed E-state index contributed by atoms with van der Waals surface area (Å²) in [6.45, 7) is 0. The van der Waals surface area contributed by atoms with Gasteiger partial charge in [0.2, 0.25) is 0 Å². The maximum Gasteiger partial charge on any atom is 0.165 e. The molecule has 0 aliphatic heterocycles. The molecule has 0 aliphatic rings. The van der Waals surface area contributed by atoms with Crippen LogP contribution < -0.4 is 0 Å². The lowest BCUT2D eigenvalue weighted by Crippen LogP contribution is -2.01. The van der Waals surface area contributed by atoms with Crippen LogP contribution in [0.3, 0.4) is 0 Å². The maximum absolute atomic E-state index is 9.38. The Morgan fingerprint density at radius 1 is 0.292 bits per heavy atom. The van der Waals surface area contributed by atoms with Crippen molar-refractivity contribution in [3.63, 3.8) is 0 Å². The van der Waals surface area contributed by atoms with E-state index in [4.69, 9.17) is 15.0 Å². The molecule has 48 heavy (non-hydrogen) atoms. The second kappa shape index (κ2) is 12.8. The lowest BCUT2D eigenvalue weighted by Gasteiger charge is -2.10. The van der Waals surface area contributed by atoms with E-state index in [1.165, 1.54) is 18.6 Å². The lowest BCUT2D eigenvalue weighted by atomic mass is 10.0. The van der Waals surface area contributed by atoms with Gasteiger partial charge in [0.25, 0.3) is 0 Å². The second-order valence-corrected chi connectivity index (χ2v) is 10.4. The molecule has 222 valence electrons. The van der Waals surface area contributed by atoms with Crippen molar-refractivity contribution < 1.29 is 0 Å². The minimum atomic E-state index is 0.339. The Labute approximate surface area is 273 Å². The minimum Gasteiger partial charge on any atom is -0.263 e. The van der Waals surface area contributed by atoms with Gasteiger partial charge in [0.15, 0.2) is 17.5 Å². The molecule has 7 aromatic heterocycles. The van der Waals surface area contributed by atoms with Crippen molar-refractivity contribution in [2.75, 3.05) is 0 Å². The smallest absolute Gasteiger partial charge is 0.165 e. The fourth-order valence-electron chi connectivity index (χ4n) is 4.90. The molecule has 0 fully saturated rings. The SMILES string of the molecule is N#Cc1cncc(-c2cncc(-c3nc(-c4cncc(-c5cncc(C#N)c5)c4)nc(-c4cncc(-c5cncc(C#N)c5)c4)n3)c2)c1. The molecule has 0 N–H and O–H groups in total. The summed E-state index contributed by atoms with van der Waals surface area (Å²) in [6, 6.07) is 17.2. The summed E-state index contributed by atoms with van der Waals surface area (Å²) in [5.74, 6) is 1.02. The topological polar surface area (TPSA) is 187 Å². The summed E-state index contributed by atoms with van der Waals surface area (Å²) >= 11 is 0. The molecule has 7 heterocycles. The van der Waals surface area contributed by atoms with Crippen LogP contribution in [0.5, 0.6) is 0 Å². The molecule has 0 aromatic carbocycles. The van der Waals surface area contributed by atoms with Crippen molar-refractivity contribution in [2.45, 2.75) is 0 Å². The summed E-state index contributed by atoms with van der Waals surface area (Å²) in [5.41, 5.74) is 7.40. The molecule has 0 saturated carbocycles. The van der Waals surface area contributed by atoms with Gasteiger partial charge in [-0.25, -0.2) is 15.0 Å². The Morgan fingerprint density at radius 3 is 0.792 bits per heavy atom. The first-order valence-corrected chi connectivity index (χ1v) is 14.3. The van der Waals surface area contributed by atoms with Gasteiger partial charge < -0.3 is 0 Å². The third kappa shape index (κ3) is 6.02. The molecule has 0 spiro atoms. The number of pyridine rings is 6. The number of hydrogen-bond acceptors (Lipinski definition) is 12. The third-order valence-corrected chi connectivity index (χ3v) is 7.23. The summed E-state index contributed by atoms with van der Waals surface area (Å²) in [4.78, 5) is 40.4. The summed E-state index contributed by atoms with van der Waals surface area (Å²) in [5, 5.41) is 28.1. The van der Waals surface area contributed by atoms with E-state index in [9.17, 15) is 15.8 Å². The standard InChI is InChI=1S/C36H18N12/c37-7-22-1-25(13-40-10-22)28-4-31(19-43-16-28)34-46-35(32-5-29(17-44-20-32)26-2-23(8-38)11-41-14-26)48-36(47-34)33-6-30(18-45-21-33)27-3-24(9-39)12-42-15-27/h1-6,10-21H. The monoisotopic (exact) mass is 618 g/mol. The lowest BCUT2D eigenvalue weighted by molar-refractivity contribution is 1.06. The van der Waals surface area contributed by atoms with Crippen LogP contribution in [0.15, 0.2) is 111 Å². The van der Waals surface area contributed by atoms with E-state index >= 15 is 0 Å². The van der Waals surface area contributed by atoms with Gasteiger partial charge in [0.05, 0.1) is 16.7 Å². The molecular weight excluding hydrogens is 600 g/mol. The highest BCUT2D eigenvalue weighted by Crippen LogP contribution is 2.30. The molecule has 12 nitrogen and oxygen atoms in total. The Bertz CT molecular complexity index is 2190. The maximum atomic E-state index is 9.38. The molecule has 0 saturated heterocycles. The minimum absolute atomic E-state index is 0.339. The molecule has 0 bridgehead atoms. The normalized spacial score (nSPS) is 10.4. The molecule has 7 rings (SSSR count). The Balaban J connectivity index is 1.38. The molecular formula is C36H18N12. The number of hydrogen-bond donors (Lipinski definition) is 0. The Morgan fingerprint density at radius 2 is 0.521 bits per heavy atom. The van der Waals surface area contributed by atoms with Crippen molar-refractivity contribution in [3.05, 3.63) is 127 Å². The van der Waals surface area contributed by atoms with Crippen LogP contribution in [0.4, 0.5) is 0 Å². The van der Waals surface area contributed by atoms with E-state index in [-0.39, 0.29) is 0 Å². The molecule has 0 amide bonds. The second-order valence-electron chi connectivity index (χ2n) is 10.4. The fraction of sp³-hybridized carbons (Fsp3) is 0. The highest BCUT2D eigenvalue weighted by Gasteiger charge is 2.16. The van der Waals surface area contributed by atoms with Crippen LogP contribution in [0.2, 0.25) is 0 Å². The molecule has 12 heteroatoms.